The Kier molecular flexibility index (Phi) is 5.41. The molecule has 0 spiro atoms. The van der Waals surface area contributed by atoms with Gasteiger partial charge in [-0.3, -0.25) is 0 Å². The maximum Gasteiger partial charge on any atom is 0.142 e. The van der Waals surface area contributed by atoms with Crippen LogP contribution in [0.1, 0.15) is 32.8 Å². The maximum absolute atomic E-state index is 13.3. The average molecular weight is 258 g/mol. The van der Waals surface area contributed by atoms with Crippen LogP contribution in [0.2, 0.25) is 5.02 Å². The lowest BCUT2D eigenvalue weighted by Gasteiger charge is -2.25. The van der Waals surface area contributed by atoms with Gasteiger partial charge in [0.1, 0.15) is 5.82 Å². The Morgan fingerprint density at radius 1 is 1.35 bits per heavy atom. The highest BCUT2D eigenvalue weighted by Gasteiger charge is 2.20. The van der Waals surface area contributed by atoms with Crippen molar-refractivity contribution in [2.45, 2.75) is 33.6 Å². The summed E-state index contributed by atoms with van der Waals surface area (Å²) in [5.74, 6) is -0.332. The molecule has 1 nitrogen and oxygen atoms in total. The fourth-order valence-electron chi connectivity index (χ4n) is 1.87. The van der Waals surface area contributed by atoms with Gasteiger partial charge in [-0.1, -0.05) is 44.5 Å². The summed E-state index contributed by atoms with van der Waals surface area (Å²) < 4.78 is 13.3. The second kappa shape index (κ2) is 6.36. The predicted octanol–water partition coefficient (Wildman–Crippen LogP) is 4.05. The molecule has 0 aliphatic carbocycles. The smallest absolute Gasteiger partial charge is 0.142 e. The fourth-order valence-corrected chi connectivity index (χ4v) is 2.06. The number of benzene rings is 1. The number of rotatable bonds is 6. The molecule has 0 aliphatic heterocycles. The van der Waals surface area contributed by atoms with Crippen LogP contribution in [0.25, 0.3) is 0 Å². The zero-order valence-corrected chi connectivity index (χ0v) is 11.6. The second-order valence-corrected chi connectivity index (χ2v) is 5.61. The van der Waals surface area contributed by atoms with Crippen LogP contribution in [0.4, 0.5) is 4.39 Å². The molecule has 0 aromatic heterocycles. The highest BCUT2D eigenvalue weighted by molar-refractivity contribution is 6.31. The van der Waals surface area contributed by atoms with E-state index in [0.29, 0.717) is 0 Å². The summed E-state index contributed by atoms with van der Waals surface area (Å²) in [6.07, 6.45) is 1.90. The highest BCUT2D eigenvalue weighted by Crippen LogP contribution is 2.27. The molecule has 0 bridgehead atoms. The first-order valence-corrected chi connectivity index (χ1v) is 6.47. The van der Waals surface area contributed by atoms with Gasteiger partial charge in [-0.25, -0.2) is 4.39 Å². The molecular formula is C14H21ClFN. The molecule has 0 fully saturated rings. The third-order valence-corrected chi connectivity index (χ3v) is 3.15. The Balaban J connectivity index is 2.65. The quantitative estimate of drug-likeness (QED) is 0.759. The molecule has 0 unspecified atom stereocenters. The molecule has 0 saturated carbocycles. The van der Waals surface area contributed by atoms with Crippen molar-refractivity contribution in [1.82, 2.24) is 5.32 Å². The first-order chi connectivity index (χ1) is 7.96. The van der Waals surface area contributed by atoms with Crippen LogP contribution in [0.15, 0.2) is 18.2 Å². The van der Waals surface area contributed by atoms with Gasteiger partial charge in [0.05, 0.1) is 5.02 Å². The van der Waals surface area contributed by atoms with Gasteiger partial charge in [0.15, 0.2) is 0 Å². The number of hydrogen-bond acceptors (Lipinski definition) is 1. The minimum Gasteiger partial charge on any atom is -0.316 e. The maximum atomic E-state index is 13.3. The molecule has 0 amide bonds. The van der Waals surface area contributed by atoms with Gasteiger partial charge >= 0.3 is 0 Å². The molecule has 0 atom stereocenters. The third kappa shape index (κ3) is 4.64. The van der Waals surface area contributed by atoms with Gasteiger partial charge in [-0.2, -0.15) is 0 Å². The summed E-state index contributed by atoms with van der Waals surface area (Å²) in [5.41, 5.74) is 0.960. The normalized spacial score (nSPS) is 11.8. The van der Waals surface area contributed by atoms with Crippen molar-refractivity contribution in [3.63, 3.8) is 0 Å². The molecule has 0 heterocycles. The minimum absolute atomic E-state index is 0.0760. The molecule has 1 rings (SSSR count). The van der Waals surface area contributed by atoms with Gasteiger partial charge in [0.2, 0.25) is 0 Å². The first kappa shape index (κ1) is 14.5. The van der Waals surface area contributed by atoms with Crippen molar-refractivity contribution in [2.24, 2.45) is 5.41 Å². The summed E-state index contributed by atoms with van der Waals surface area (Å²) in [5, 5.41) is 3.65. The van der Waals surface area contributed by atoms with E-state index in [1.165, 1.54) is 6.07 Å². The van der Waals surface area contributed by atoms with Crippen molar-refractivity contribution in [2.75, 3.05) is 13.1 Å². The van der Waals surface area contributed by atoms with Crippen LogP contribution in [-0.4, -0.2) is 13.1 Å². The molecule has 1 aromatic rings. The van der Waals surface area contributed by atoms with E-state index in [1.807, 2.05) is 6.07 Å². The van der Waals surface area contributed by atoms with Crippen molar-refractivity contribution in [3.8, 4) is 0 Å². The predicted molar refractivity (Wildman–Crippen MR) is 72.1 cm³/mol. The van der Waals surface area contributed by atoms with E-state index in [-0.39, 0.29) is 16.3 Å². The largest absolute Gasteiger partial charge is 0.316 e. The number of halogens is 2. The summed E-state index contributed by atoms with van der Waals surface area (Å²) in [6, 6.07) is 5.01. The summed E-state index contributed by atoms with van der Waals surface area (Å²) in [6.45, 7) is 8.39. The zero-order valence-electron chi connectivity index (χ0n) is 10.8. The molecule has 0 saturated heterocycles. The Bertz CT molecular complexity index is 363. The SMILES string of the molecule is CCCNCC(C)(C)Cc1cccc(F)c1Cl. The topological polar surface area (TPSA) is 12.0 Å². The van der Waals surface area contributed by atoms with E-state index in [2.05, 4.69) is 26.1 Å². The molecule has 1 N–H and O–H groups in total. The van der Waals surface area contributed by atoms with Crippen LogP contribution in [0.3, 0.4) is 0 Å². The Hall–Kier alpha value is -0.600. The Morgan fingerprint density at radius 3 is 2.71 bits per heavy atom. The Morgan fingerprint density at radius 2 is 2.06 bits per heavy atom. The first-order valence-electron chi connectivity index (χ1n) is 6.10. The molecule has 96 valence electrons. The lowest BCUT2D eigenvalue weighted by Crippen LogP contribution is -2.31. The van der Waals surface area contributed by atoms with Gasteiger partial charge < -0.3 is 5.32 Å². The van der Waals surface area contributed by atoms with Gasteiger partial charge in [-0.05, 0) is 36.4 Å². The van der Waals surface area contributed by atoms with E-state index in [1.54, 1.807) is 6.07 Å². The van der Waals surface area contributed by atoms with E-state index < -0.39 is 0 Å². The molecule has 3 heteroatoms. The van der Waals surface area contributed by atoms with Crippen LogP contribution >= 0.6 is 11.6 Å². The summed E-state index contributed by atoms with van der Waals surface area (Å²) >= 11 is 5.97. The fraction of sp³-hybridized carbons (Fsp3) is 0.571. The van der Waals surface area contributed by atoms with Gasteiger partial charge in [0.25, 0.3) is 0 Å². The van der Waals surface area contributed by atoms with Crippen LogP contribution in [0, 0.1) is 11.2 Å². The average Bonchev–Trinajstić information content (AvgIpc) is 2.25. The van der Waals surface area contributed by atoms with E-state index in [4.69, 9.17) is 11.6 Å². The lowest BCUT2D eigenvalue weighted by molar-refractivity contribution is 0.338. The third-order valence-electron chi connectivity index (χ3n) is 2.73. The standard InChI is InChI=1S/C14H21ClFN/c1-4-8-17-10-14(2,3)9-11-6-5-7-12(16)13(11)15/h5-7,17H,4,8-10H2,1-3H3. The summed E-state index contributed by atoms with van der Waals surface area (Å²) in [4.78, 5) is 0. The van der Waals surface area contributed by atoms with E-state index in [9.17, 15) is 4.39 Å². The van der Waals surface area contributed by atoms with Crippen LogP contribution < -0.4 is 5.32 Å². The Labute approximate surface area is 108 Å². The lowest BCUT2D eigenvalue weighted by atomic mass is 9.85. The van der Waals surface area contributed by atoms with E-state index >= 15 is 0 Å². The van der Waals surface area contributed by atoms with Crippen molar-refractivity contribution >= 4 is 11.6 Å². The monoisotopic (exact) mass is 257 g/mol. The van der Waals surface area contributed by atoms with Crippen molar-refractivity contribution in [1.29, 1.82) is 0 Å². The molecule has 17 heavy (non-hydrogen) atoms. The van der Waals surface area contributed by atoms with Crippen molar-refractivity contribution < 1.29 is 4.39 Å². The highest BCUT2D eigenvalue weighted by atomic mass is 35.5. The molecule has 0 radical (unpaired) electrons. The summed E-state index contributed by atoms with van der Waals surface area (Å²) in [7, 11) is 0. The van der Waals surface area contributed by atoms with Crippen molar-refractivity contribution in [3.05, 3.63) is 34.6 Å². The molecular weight excluding hydrogens is 237 g/mol. The second-order valence-electron chi connectivity index (χ2n) is 5.23. The molecule has 1 aromatic carbocycles. The van der Waals surface area contributed by atoms with E-state index in [0.717, 1.165) is 31.5 Å². The minimum atomic E-state index is -0.332. The van der Waals surface area contributed by atoms with Gasteiger partial charge in [0, 0.05) is 6.54 Å². The van der Waals surface area contributed by atoms with Gasteiger partial charge in [-0.15, -0.1) is 0 Å². The number of hydrogen-bond donors (Lipinski definition) is 1. The van der Waals surface area contributed by atoms with Crippen LogP contribution in [0.5, 0.6) is 0 Å². The zero-order chi connectivity index (χ0) is 12.9. The number of nitrogens with one attached hydrogen (secondary N) is 1. The molecule has 0 aliphatic rings. The van der Waals surface area contributed by atoms with Crippen LogP contribution in [-0.2, 0) is 6.42 Å².